The Morgan fingerprint density at radius 1 is 1.10 bits per heavy atom. The van der Waals surface area contributed by atoms with Crippen LogP contribution >= 0.6 is 0 Å². The standard InChI is InChI=1S/C18H30N2/c1-3-12-19-13-16-8-10-18(11-9-16)15-20(2)14-17-6-4-5-7-17/h8-11,17,19H,3-7,12-15H2,1-2H3. The third-order valence-electron chi connectivity index (χ3n) is 4.28. The highest BCUT2D eigenvalue weighted by atomic mass is 15.1. The van der Waals surface area contributed by atoms with Gasteiger partial charge in [0.15, 0.2) is 0 Å². The molecule has 0 saturated heterocycles. The Kier molecular flexibility index (Phi) is 6.55. The van der Waals surface area contributed by atoms with Crippen LogP contribution in [0.2, 0.25) is 0 Å². The molecule has 112 valence electrons. The first-order valence-corrected chi connectivity index (χ1v) is 8.25. The van der Waals surface area contributed by atoms with Crippen molar-refractivity contribution in [2.45, 2.75) is 52.1 Å². The average molecular weight is 274 g/mol. The maximum absolute atomic E-state index is 3.45. The van der Waals surface area contributed by atoms with Gasteiger partial charge in [0.1, 0.15) is 0 Å². The van der Waals surface area contributed by atoms with E-state index in [0.717, 1.165) is 25.6 Å². The van der Waals surface area contributed by atoms with Gasteiger partial charge in [0.05, 0.1) is 0 Å². The molecule has 1 aliphatic carbocycles. The predicted molar refractivity (Wildman–Crippen MR) is 86.7 cm³/mol. The number of benzene rings is 1. The summed E-state index contributed by atoms with van der Waals surface area (Å²) >= 11 is 0. The van der Waals surface area contributed by atoms with Crippen molar-refractivity contribution < 1.29 is 0 Å². The lowest BCUT2D eigenvalue weighted by molar-refractivity contribution is 0.271. The van der Waals surface area contributed by atoms with Crippen molar-refractivity contribution in [2.24, 2.45) is 5.92 Å². The molecule has 0 unspecified atom stereocenters. The van der Waals surface area contributed by atoms with Crippen LogP contribution in [-0.4, -0.2) is 25.0 Å². The smallest absolute Gasteiger partial charge is 0.0230 e. The molecule has 1 fully saturated rings. The summed E-state index contributed by atoms with van der Waals surface area (Å²) in [6.07, 6.45) is 6.96. The second-order valence-electron chi connectivity index (χ2n) is 6.34. The summed E-state index contributed by atoms with van der Waals surface area (Å²) in [6.45, 7) is 6.65. The van der Waals surface area contributed by atoms with E-state index in [0.29, 0.717) is 0 Å². The summed E-state index contributed by atoms with van der Waals surface area (Å²) in [5, 5.41) is 3.45. The van der Waals surface area contributed by atoms with E-state index in [1.54, 1.807) is 0 Å². The van der Waals surface area contributed by atoms with Crippen molar-refractivity contribution >= 4 is 0 Å². The van der Waals surface area contributed by atoms with E-state index in [1.165, 1.54) is 49.8 Å². The van der Waals surface area contributed by atoms with E-state index in [-0.39, 0.29) is 0 Å². The number of nitrogens with zero attached hydrogens (tertiary/aromatic N) is 1. The largest absolute Gasteiger partial charge is 0.313 e. The first-order valence-electron chi connectivity index (χ1n) is 8.25. The van der Waals surface area contributed by atoms with Crippen molar-refractivity contribution in [3.05, 3.63) is 35.4 Å². The summed E-state index contributed by atoms with van der Waals surface area (Å²) in [5.74, 6) is 0.942. The molecule has 1 saturated carbocycles. The first-order chi connectivity index (χ1) is 9.78. The van der Waals surface area contributed by atoms with Crippen LogP contribution in [0.4, 0.5) is 0 Å². The molecular weight excluding hydrogens is 244 g/mol. The fourth-order valence-electron chi connectivity index (χ4n) is 3.18. The van der Waals surface area contributed by atoms with Gasteiger partial charge in [-0.05, 0) is 49.9 Å². The molecule has 1 aliphatic rings. The molecule has 2 rings (SSSR count). The molecule has 0 spiro atoms. The molecule has 0 aromatic heterocycles. The molecule has 0 bridgehead atoms. The molecule has 0 radical (unpaired) electrons. The van der Waals surface area contributed by atoms with E-state index in [9.17, 15) is 0 Å². The Labute approximate surface area is 124 Å². The third kappa shape index (κ3) is 5.26. The average Bonchev–Trinajstić information content (AvgIpc) is 2.94. The van der Waals surface area contributed by atoms with Crippen molar-refractivity contribution in [3.8, 4) is 0 Å². The van der Waals surface area contributed by atoms with E-state index in [4.69, 9.17) is 0 Å². The molecule has 1 N–H and O–H groups in total. The van der Waals surface area contributed by atoms with Crippen LogP contribution in [0, 0.1) is 5.92 Å². The quantitative estimate of drug-likeness (QED) is 0.725. The lowest BCUT2D eigenvalue weighted by Gasteiger charge is -2.20. The molecule has 0 aliphatic heterocycles. The second kappa shape index (κ2) is 8.43. The van der Waals surface area contributed by atoms with Gasteiger partial charge in [-0.3, -0.25) is 0 Å². The zero-order valence-electron chi connectivity index (χ0n) is 13.2. The fourth-order valence-corrected chi connectivity index (χ4v) is 3.18. The molecule has 2 nitrogen and oxygen atoms in total. The number of rotatable bonds is 8. The highest BCUT2D eigenvalue weighted by Gasteiger charge is 2.16. The number of hydrogen-bond donors (Lipinski definition) is 1. The van der Waals surface area contributed by atoms with Gasteiger partial charge >= 0.3 is 0 Å². The van der Waals surface area contributed by atoms with Crippen LogP contribution in [0.3, 0.4) is 0 Å². The molecule has 0 amide bonds. The van der Waals surface area contributed by atoms with Gasteiger partial charge in [-0.1, -0.05) is 44.0 Å². The summed E-state index contributed by atoms with van der Waals surface area (Å²) in [6, 6.07) is 9.10. The summed E-state index contributed by atoms with van der Waals surface area (Å²) < 4.78 is 0. The lowest BCUT2D eigenvalue weighted by atomic mass is 10.1. The number of nitrogens with one attached hydrogen (secondary N) is 1. The highest BCUT2D eigenvalue weighted by molar-refractivity contribution is 5.22. The zero-order chi connectivity index (χ0) is 14.2. The zero-order valence-corrected chi connectivity index (χ0v) is 13.2. The van der Waals surface area contributed by atoms with Gasteiger partial charge in [-0.15, -0.1) is 0 Å². The van der Waals surface area contributed by atoms with Crippen LogP contribution in [0.1, 0.15) is 50.2 Å². The van der Waals surface area contributed by atoms with Crippen molar-refractivity contribution in [3.63, 3.8) is 0 Å². The second-order valence-corrected chi connectivity index (χ2v) is 6.34. The lowest BCUT2D eigenvalue weighted by Crippen LogP contribution is -2.24. The molecule has 1 aromatic carbocycles. The van der Waals surface area contributed by atoms with Gasteiger partial charge in [0.25, 0.3) is 0 Å². The molecular formula is C18H30N2. The summed E-state index contributed by atoms with van der Waals surface area (Å²) in [4.78, 5) is 2.49. The van der Waals surface area contributed by atoms with Crippen molar-refractivity contribution in [1.82, 2.24) is 10.2 Å². The van der Waals surface area contributed by atoms with Crippen LogP contribution < -0.4 is 5.32 Å². The molecule has 1 aromatic rings. The van der Waals surface area contributed by atoms with Gasteiger partial charge < -0.3 is 10.2 Å². The van der Waals surface area contributed by atoms with E-state index in [2.05, 4.69) is 48.5 Å². The Morgan fingerprint density at radius 3 is 2.40 bits per heavy atom. The third-order valence-corrected chi connectivity index (χ3v) is 4.28. The van der Waals surface area contributed by atoms with Crippen molar-refractivity contribution in [1.29, 1.82) is 0 Å². The fraction of sp³-hybridized carbons (Fsp3) is 0.667. The summed E-state index contributed by atoms with van der Waals surface area (Å²) in [7, 11) is 2.26. The Balaban J connectivity index is 1.74. The first kappa shape index (κ1) is 15.5. The normalized spacial score (nSPS) is 16.1. The summed E-state index contributed by atoms with van der Waals surface area (Å²) in [5.41, 5.74) is 2.82. The maximum atomic E-state index is 3.45. The molecule has 0 heterocycles. The van der Waals surface area contributed by atoms with Gasteiger partial charge in [0, 0.05) is 19.6 Å². The monoisotopic (exact) mass is 274 g/mol. The molecule has 20 heavy (non-hydrogen) atoms. The van der Waals surface area contributed by atoms with Gasteiger partial charge in [0.2, 0.25) is 0 Å². The highest BCUT2D eigenvalue weighted by Crippen LogP contribution is 2.25. The minimum Gasteiger partial charge on any atom is -0.313 e. The minimum atomic E-state index is 0.942. The molecule has 0 atom stereocenters. The van der Waals surface area contributed by atoms with E-state index in [1.807, 2.05) is 0 Å². The molecule has 2 heteroatoms. The minimum absolute atomic E-state index is 0.942. The van der Waals surface area contributed by atoms with Crippen molar-refractivity contribution in [2.75, 3.05) is 20.1 Å². The Bertz CT molecular complexity index is 366. The predicted octanol–water partition coefficient (Wildman–Crippen LogP) is 3.81. The maximum Gasteiger partial charge on any atom is 0.0230 e. The van der Waals surface area contributed by atoms with Gasteiger partial charge in [-0.25, -0.2) is 0 Å². The van der Waals surface area contributed by atoms with E-state index < -0.39 is 0 Å². The number of hydrogen-bond acceptors (Lipinski definition) is 2. The van der Waals surface area contributed by atoms with Gasteiger partial charge in [-0.2, -0.15) is 0 Å². The van der Waals surface area contributed by atoms with Crippen LogP contribution in [0.5, 0.6) is 0 Å². The van der Waals surface area contributed by atoms with E-state index >= 15 is 0 Å². The van der Waals surface area contributed by atoms with Crippen LogP contribution in [0.15, 0.2) is 24.3 Å². The van der Waals surface area contributed by atoms with Crippen LogP contribution in [-0.2, 0) is 13.1 Å². The Hall–Kier alpha value is -0.860. The van der Waals surface area contributed by atoms with Crippen LogP contribution in [0.25, 0.3) is 0 Å². The SMILES string of the molecule is CCCNCc1ccc(CN(C)CC2CCCC2)cc1. The Morgan fingerprint density at radius 2 is 1.75 bits per heavy atom. The topological polar surface area (TPSA) is 15.3 Å².